The maximum Gasteiger partial charge on any atom is 0.289 e. The number of nitrogens with one attached hydrogen (secondary N) is 2. The molecular weight excluding hydrogens is 339 g/mol. The number of nitrogens with zero attached hydrogens (tertiary/aromatic N) is 2. The number of halogens is 2. The number of aromatic amines is 1. The molecule has 6 nitrogen and oxygen atoms in total. The molecule has 2 N–H and O–H groups in total. The number of hydrazone groups is 1. The number of furan rings is 1. The number of aromatic nitrogens is 2. The van der Waals surface area contributed by atoms with Crippen LogP contribution in [0.25, 0.3) is 11.3 Å². The number of amides is 1. The summed E-state index contributed by atoms with van der Waals surface area (Å²) in [6, 6.07) is 10.1. The lowest BCUT2D eigenvalue weighted by Crippen LogP contribution is -2.17. The van der Waals surface area contributed by atoms with Crippen LogP contribution in [0.3, 0.4) is 0 Å². The van der Waals surface area contributed by atoms with E-state index in [2.05, 4.69) is 20.7 Å². The van der Waals surface area contributed by atoms with Crippen LogP contribution in [-0.2, 0) is 0 Å². The van der Waals surface area contributed by atoms with Gasteiger partial charge in [-0.05, 0) is 36.4 Å². The van der Waals surface area contributed by atoms with E-state index >= 15 is 0 Å². The molecule has 3 rings (SSSR count). The minimum atomic E-state index is -0.431. The Balaban J connectivity index is 1.72. The highest BCUT2D eigenvalue weighted by atomic mass is 35.5. The van der Waals surface area contributed by atoms with Crippen LogP contribution >= 0.6 is 23.2 Å². The molecule has 116 valence electrons. The number of rotatable bonds is 4. The van der Waals surface area contributed by atoms with Gasteiger partial charge in [-0.3, -0.25) is 9.89 Å². The Hall–Kier alpha value is -2.57. The number of H-pyrrole nitrogens is 1. The summed E-state index contributed by atoms with van der Waals surface area (Å²) in [7, 11) is 0. The zero-order valence-corrected chi connectivity index (χ0v) is 13.1. The molecule has 0 aliphatic rings. The van der Waals surface area contributed by atoms with E-state index in [1.54, 1.807) is 36.4 Å². The van der Waals surface area contributed by atoms with E-state index in [0.717, 1.165) is 0 Å². The molecule has 0 atom stereocenters. The Labute approximate surface area is 141 Å². The summed E-state index contributed by atoms with van der Waals surface area (Å²) in [5.74, 6) is 0.101. The Morgan fingerprint density at radius 2 is 2.04 bits per heavy atom. The fraction of sp³-hybridized carbons (Fsp3) is 0. The van der Waals surface area contributed by atoms with Crippen molar-refractivity contribution in [3.63, 3.8) is 0 Å². The van der Waals surface area contributed by atoms with Crippen LogP contribution < -0.4 is 5.43 Å². The normalized spacial score (nSPS) is 11.0. The molecule has 0 spiro atoms. The van der Waals surface area contributed by atoms with E-state index in [4.69, 9.17) is 27.6 Å². The number of hydrogen-bond donors (Lipinski definition) is 2. The Morgan fingerprint density at radius 3 is 2.74 bits per heavy atom. The van der Waals surface area contributed by atoms with Crippen molar-refractivity contribution in [2.45, 2.75) is 0 Å². The predicted molar refractivity (Wildman–Crippen MR) is 87.8 cm³/mol. The Kier molecular flexibility index (Phi) is 4.45. The van der Waals surface area contributed by atoms with Gasteiger partial charge in [-0.1, -0.05) is 23.2 Å². The maximum atomic E-state index is 12.0. The van der Waals surface area contributed by atoms with Crippen LogP contribution in [0.4, 0.5) is 0 Å². The predicted octanol–water partition coefficient (Wildman–Crippen LogP) is 3.74. The first-order chi connectivity index (χ1) is 11.1. The Morgan fingerprint density at radius 1 is 1.26 bits per heavy atom. The molecule has 0 aliphatic carbocycles. The number of hydrogen-bond acceptors (Lipinski definition) is 4. The number of benzene rings is 1. The van der Waals surface area contributed by atoms with E-state index in [1.807, 2.05) is 0 Å². The molecule has 2 aromatic heterocycles. The molecule has 0 saturated carbocycles. The van der Waals surface area contributed by atoms with Gasteiger partial charge in [-0.15, -0.1) is 0 Å². The third-order valence-electron chi connectivity index (χ3n) is 2.88. The Bertz CT molecular complexity index is 836. The van der Waals surface area contributed by atoms with Gasteiger partial charge < -0.3 is 4.42 Å². The molecule has 3 aromatic rings. The first-order valence-electron chi connectivity index (χ1n) is 6.50. The minimum Gasteiger partial charge on any atom is -0.463 e. The summed E-state index contributed by atoms with van der Waals surface area (Å²) in [4.78, 5) is 12.0. The van der Waals surface area contributed by atoms with Gasteiger partial charge in [0.1, 0.15) is 11.5 Å². The minimum absolute atomic E-state index is 0.257. The van der Waals surface area contributed by atoms with Crippen molar-refractivity contribution in [1.82, 2.24) is 15.6 Å². The lowest BCUT2D eigenvalue weighted by molar-refractivity contribution is 0.0950. The number of carbonyl (C=O) groups is 1. The quantitative estimate of drug-likeness (QED) is 0.556. The summed E-state index contributed by atoms with van der Waals surface area (Å²) in [6.45, 7) is 0. The van der Waals surface area contributed by atoms with Gasteiger partial charge in [-0.2, -0.15) is 10.2 Å². The van der Waals surface area contributed by atoms with Gasteiger partial charge in [0.2, 0.25) is 0 Å². The summed E-state index contributed by atoms with van der Waals surface area (Å²) in [5.41, 5.74) is 3.89. The number of carbonyl (C=O) groups excluding carboxylic acids is 1. The fourth-order valence-corrected chi connectivity index (χ4v) is 2.39. The standard InChI is InChI=1S/C15H10Cl2N4O2/c16-10-4-9(5-11(17)6-10)13-7-14(20-19-13)15(22)21-18-8-12-2-1-3-23-12/h1-8H,(H,19,20)(H,21,22)/b18-8-. The molecular formula is C15H10Cl2N4O2. The largest absolute Gasteiger partial charge is 0.463 e. The first-order valence-corrected chi connectivity index (χ1v) is 7.26. The van der Waals surface area contributed by atoms with Crippen molar-refractivity contribution in [3.05, 3.63) is 64.2 Å². The summed E-state index contributed by atoms with van der Waals surface area (Å²) in [6.07, 6.45) is 2.91. The zero-order valence-electron chi connectivity index (χ0n) is 11.6. The summed E-state index contributed by atoms with van der Waals surface area (Å²) < 4.78 is 5.06. The van der Waals surface area contributed by atoms with Gasteiger partial charge in [-0.25, -0.2) is 5.43 Å². The van der Waals surface area contributed by atoms with Crippen molar-refractivity contribution in [2.24, 2.45) is 5.10 Å². The molecule has 0 aliphatic heterocycles. The molecule has 0 fully saturated rings. The lowest BCUT2D eigenvalue weighted by atomic mass is 10.1. The molecule has 2 heterocycles. The molecule has 0 saturated heterocycles. The van der Waals surface area contributed by atoms with Crippen LogP contribution in [-0.4, -0.2) is 22.3 Å². The van der Waals surface area contributed by atoms with E-state index in [0.29, 0.717) is 27.1 Å². The monoisotopic (exact) mass is 348 g/mol. The van der Waals surface area contributed by atoms with Crippen LogP contribution in [0, 0.1) is 0 Å². The molecule has 1 amide bonds. The summed E-state index contributed by atoms with van der Waals surface area (Å²) in [5, 5.41) is 11.5. The third kappa shape index (κ3) is 3.80. The highest BCUT2D eigenvalue weighted by Crippen LogP contribution is 2.26. The van der Waals surface area contributed by atoms with Crippen LogP contribution in [0.1, 0.15) is 16.2 Å². The van der Waals surface area contributed by atoms with E-state index in [1.165, 1.54) is 12.5 Å². The van der Waals surface area contributed by atoms with E-state index in [9.17, 15) is 4.79 Å². The van der Waals surface area contributed by atoms with Crippen molar-refractivity contribution >= 4 is 35.3 Å². The molecule has 0 radical (unpaired) electrons. The highest BCUT2D eigenvalue weighted by molar-refractivity contribution is 6.35. The smallest absolute Gasteiger partial charge is 0.289 e. The van der Waals surface area contributed by atoms with Crippen LogP contribution in [0.15, 0.2) is 52.2 Å². The molecule has 8 heteroatoms. The van der Waals surface area contributed by atoms with Gasteiger partial charge in [0.15, 0.2) is 0 Å². The topological polar surface area (TPSA) is 83.3 Å². The van der Waals surface area contributed by atoms with Gasteiger partial charge >= 0.3 is 0 Å². The molecule has 0 bridgehead atoms. The SMILES string of the molecule is O=C(N/N=C\c1ccco1)c1cc(-c2cc(Cl)cc(Cl)c2)n[nH]1. The molecule has 1 aromatic carbocycles. The van der Waals surface area contributed by atoms with Crippen molar-refractivity contribution in [3.8, 4) is 11.3 Å². The van der Waals surface area contributed by atoms with E-state index in [-0.39, 0.29) is 5.69 Å². The highest BCUT2D eigenvalue weighted by Gasteiger charge is 2.11. The van der Waals surface area contributed by atoms with Crippen LogP contribution in [0.2, 0.25) is 10.0 Å². The van der Waals surface area contributed by atoms with E-state index < -0.39 is 5.91 Å². The second-order valence-electron chi connectivity index (χ2n) is 4.54. The van der Waals surface area contributed by atoms with Crippen molar-refractivity contribution < 1.29 is 9.21 Å². The second-order valence-corrected chi connectivity index (χ2v) is 5.41. The van der Waals surface area contributed by atoms with Gasteiger partial charge in [0, 0.05) is 15.6 Å². The summed E-state index contributed by atoms with van der Waals surface area (Å²) >= 11 is 11.9. The average Bonchev–Trinajstić information content (AvgIpc) is 3.18. The van der Waals surface area contributed by atoms with Gasteiger partial charge in [0.05, 0.1) is 18.2 Å². The first kappa shape index (κ1) is 15.3. The lowest BCUT2D eigenvalue weighted by Gasteiger charge is -1.98. The van der Waals surface area contributed by atoms with Crippen molar-refractivity contribution in [1.29, 1.82) is 0 Å². The second kappa shape index (κ2) is 6.68. The average molecular weight is 349 g/mol. The molecule has 0 unspecified atom stereocenters. The van der Waals surface area contributed by atoms with Crippen LogP contribution in [0.5, 0.6) is 0 Å². The molecule has 23 heavy (non-hydrogen) atoms. The third-order valence-corrected chi connectivity index (χ3v) is 3.32. The maximum absolute atomic E-state index is 12.0. The van der Waals surface area contributed by atoms with Gasteiger partial charge in [0.25, 0.3) is 5.91 Å². The fourth-order valence-electron chi connectivity index (χ4n) is 1.87. The zero-order chi connectivity index (χ0) is 16.2. The van der Waals surface area contributed by atoms with Crippen molar-refractivity contribution in [2.75, 3.05) is 0 Å².